The Morgan fingerprint density at radius 3 is 2.45 bits per heavy atom. The molecular formula is C24H28N4O3S2. The van der Waals surface area contributed by atoms with Gasteiger partial charge in [0, 0.05) is 48.4 Å². The van der Waals surface area contributed by atoms with Gasteiger partial charge in [0.15, 0.2) is 15.0 Å². The number of carbonyl (C=O) groups is 1. The molecule has 3 aliphatic rings. The van der Waals surface area contributed by atoms with E-state index in [4.69, 9.17) is 0 Å². The highest BCUT2D eigenvalue weighted by molar-refractivity contribution is 8.15. The molecule has 0 radical (unpaired) electrons. The molecule has 5 rings (SSSR count). The lowest BCUT2D eigenvalue weighted by atomic mass is 10.1. The smallest absolute Gasteiger partial charge is 0.253 e. The topological polar surface area (TPSA) is 82.1 Å². The molecule has 1 amide bonds. The number of aliphatic imine (C=N–C) groups is 1. The molecule has 1 N–H and O–H groups in total. The third kappa shape index (κ3) is 4.75. The van der Waals surface area contributed by atoms with Crippen LogP contribution in [-0.2, 0) is 9.84 Å². The lowest BCUT2D eigenvalue weighted by Crippen LogP contribution is -2.49. The number of anilines is 2. The first-order valence-corrected chi connectivity index (χ1v) is 13.9. The van der Waals surface area contributed by atoms with Crippen LogP contribution in [0.1, 0.15) is 21.5 Å². The first-order valence-electron chi connectivity index (χ1n) is 11.2. The zero-order valence-corrected chi connectivity index (χ0v) is 20.5. The van der Waals surface area contributed by atoms with Crippen LogP contribution in [0.25, 0.3) is 0 Å². The van der Waals surface area contributed by atoms with Gasteiger partial charge in [-0.25, -0.2) is 8.42 Å². The van der Waals surface area contributed by atoms with Gasteiger partial charge in [0.05, 0.1) is 17.5 Å². The van der Waals surface area contributed by atoms with Crippen molar-refractivity contribution in [2.24, 2.45) is 4.99 Å². The molecule has 0 unspecified atom stereocenters. The van der Waals surface area contributed by atoms with Gasteiger partial charge in [0.1, 0.15) is 0 Å². The summed E-state index contributed by atoms with van der Waals surface area (Å²) < 4.78 is 23.4. The molecule has 0 saturated carbocycles. The minimum absolute atomic E-state index is 0.0145. The van der Waals surface area contributed by atoms with E-state index >= 15 is 0 Å². The third-order valence-electron chi connectivity index (χ3n) is 6.47. The zero-order valence-electron chi connectivity index (χ0n) is 18.8. The number of rotatable bonds is 3. The van der Waals surface area contributed by atoms with Crippen LogP contribution in [0.15, 0.2) is 47.5 Å². The molecule has 3 aliphatic heterocycles. The molecular weight excluding hydrogens is 456 g/mol. The number of nitrogens with one attached hydrogen (secondary N) is 1. The Bertz CT molecular complexity index is 1200. The number of benzene rings is 2. The van der Waals surface area contributed by atoms with Crippen LogP contribution in [0, 0.1) is 13.8 Å². The van der Waals surface area contributed by atoms with Crippen molar-refractivity contribution in [3.8, 4) is 0 Å². The van der Waals surface area contributed by atoms with Crippen LogP contribution in [0.3, 0.4) is 0 Å². The predicted octanol–water partition coefficient (Wildman–Crippen LogP) is 2.95. The van der Waals surface area contributed by atoms with Gasteiger partial charge in [-0.1, -0.05) is 23.9 Å². The molecule has 2 saturated heterocycles. The van der Waals surface area contributed by atoms with Gasteiger partial charge in [-0.05, 0) is 55.3 Å². The maximum Gasteiger partial charge on any atom is 0.253 e. The van der Waals surface area contributed by atoms with E-state index in [-0.39, 0.29) is 28.7 Å². The van der Waals surface area contributed by atoms with Crippen LogP contribution in [0.5, 0.6) is 0 Å². The Labute approximate surface area is 199 Å². The van der Waals surface area contributed by atoms with E-state index in [9.17, 15) is 13.2 Å². The number of amides is 1. The minimum Gasteiger partial charge on any atom is -0.368 e. The first kappa shape index (κ1) is 22.3. The van der Waals surface area contributed by atoms with Crippen molar-refractivity contribution >= 4 is 44.0 Å². The Morgan fingerprint density at radius 1 is 1.03 bits per heavy atom. The van der Waals surface area contributed by atoms with Crippen LogP contribution >= 0.6 is 11.8 Å². The normalized spacial score (nSPS) is 23.9. The summed E-state index contributed by atoms with van der Waals surface area (Å²) in [5, 5.41) is 4.03. The second-order valence-corrected chi connectivity index (χ2v) is 12.4. The van der Waals surface area contributed by atoms with Crippen LogP contribution in [-0.4, -0.2) is 73.4 Å². The molecule has 2 fully saturated rings. The van der Waals surface area contributed by atoms with E-state index in [1.165, 1.54) is 28.6 Å². The highest BCUT2D eigenvalue weighted by Gasteiger charge is 2.42. The van der Waals surface area contributed by atoms with E-state index < -0.39 is 9.84 Å². The number of piperazine rings is 1. The van der Waals surface area contributed by atoms with Crippen LogP contribution < -0.4 is 10.2 Å². The van der Waals surface area contributed by atoms with Crippen molar-refractivity contribution < 1.29 is 13.2 Å². The summed E-state index contributed by atoms with van der Waals surface area (Å²) in [6, 6.07) is 13.8. The van der Waals surface area contributed by atoms with Gasteiger partial charge in [-0.2, -0.15) is 0 Å². The molecule has 2 aromatic rings. The summed E-state index contributed by atoms with van der Waals surface area (Å²) in [5.41, 5.74) is 5.29. The lowest BCUT2D eigenvalue weighted by molar-refractivity contribution is 0.0747. The molecule has 7 nitrogen and oxygen atoms in total. The zero-order chi connectivity index (χ0) is 23.2. The summed E-state index contributed by atoms with van der Waals surface area (Å²) in [7, 11) is -2.95. The Hall–Kier alpha value is -2.52. The largest absolute Gasteiger partial charge is 0.368 e. The number of thioether (sulfide) groups is 1. The molecule has 0 spiro atoms. The monoisotopic (exact) mass is 484 g/mol. The molecule has 0 aromatic heterocycles. The van der Waals surface area contributed by atoms with E-state index in [0.29, 0.717) is 18.7 Å². The van der Waals surface area contributed by atoms with Gasteiger partial charge in [0.25, 0.3) is 5.91 Å². The fraction of sp³-hybridized carbons (Fsp3) is 0.417. The summed E-state index contributed by atoms with van der Waals surface area (Å²) >= 11 is 1.49. The number of aryl methyl sites for hydroxylation is 2. The van der Waals surface area contributed by atoms with Gasteiger partial charge in [-0.3, -0.25) is 9.79 Å². The predicted molar refractivity (Wildman–Crippen MR) is 135 cm³/mol. The minimum atomic E-state index is -2.95. The van der Waals surface area contributed by atoms with Gasteiger partial charge >= 0.3 is 0 Å². The van der Waals surface area contributed by atoms with Crippen LogP contribution in [0.2, 0.25) is 0 Å². The number of carbonyl (C=O) groups excluding carboxylic acids is 1. The van der Waals surface area contributed by atoms with E-state index in [2.05, 4.69) is 47.3 Å². The maximum atomic E-state index is 13.0. The number of hydrogen-bond acceptors (Lipinski definition) is 7. The molecule has 9 heteroatoms. The Balaban J connectivity index is 1.17. The highest BCUT2D eigenvalue weighted by atomic mass is 32.2. The molecule has 3 heterocycles. The Kier molecular flexibility index (Phi) is 5.86. The van der Waals surface area contributed by atoms with Crippen molar-refractivity contribution in [1.82, 2.24) is 4.90 Å². The first-order chi connectivity index (χ1) is 15.8. The maximum absolute atomic E-state index is 13.0. The van der Waals surface area contributed by atoms with Crippen molar-refractivity contribution in [3.05, 3.63) is 59.2 Å². The van der Waals surface area contributed by atoms with Crippen molar-refractivity contribution in [2.45, 2.75) is 25.1 Å². The van der Waals surface area contributed by atoms with Gasteiger partial charge < -0.3 is 15.1 Å². The SMILES string of the molecule is Cc1ccc(C)c(N2CCN(C(=O)c3ccc(NC4=N[C@@H]5CS(=O)(=O)C[C@@H]5S4)cc3)CC2)c1. The lowest BCUT2D eigenvalue weighted by Gasteiger charge is -2.37. The number of hydrogen-bond donors (Lipinski definition) is 1. The Morgan fingerprint density at radius 2 is 1.76 bits per heavy atom. The van der Waals surface area contributed by atoms with Gasteiger partial charge in [0.2, 0.25) is 0 Å². The molecule has 2 atom stereocenters. The summed E-state index contributed by atoms with van der Waals surface area (Å²) in [4.78, 5) is 21.8. The quantitative estimate of drug-likeness (QED) is 0.722. The molecule has 0 aliphatic carbocycles. The second kappa shape index (κ2) is 8.68. The molecule has 2 aromatic carbocycles. The molecule has 174 valence electrons. The van der Waals surface area contributed by atoms with E-state index in [0.717, 1.165) is 23.9 Å². The average molecular weight is 485 g/mol. The average Bonchev–Trinajstić information content (AvgIpc) is 3.28. The number of sulfone groups is 1. The molecule has 0 bridgehead atoms. The van der Waals surface area contributed by atoms with Crippen molar-refractivity contribution in [1.29, 1.82) is 0 Å². The highest BCUT2D eigenvalue weighted by Crippen LogP contribution is 2.34. The van der Waals surface area contributed by atoms with E-state index in [1.54, 1.807) is 0 Å². The fourth-order valence-corrected chi connectivity index (χ4v) is 8.30. The summed E-state index contributed by atoms with van der Waals surface area (Å²) in [6.45, 7) is 7.29. The summed E-state index contributed by atoms with van der Waals surface area (Å²) in [5.74, 6) is 0.385. The molecule has 33 heavy (non-hydrogen) atoms. The standard InChI is InChI=1S/C24H28N4O3S2/c1-16-3-4-17(2)21(13-16)27-9-11-28(12-10-27)23(29)18-5-7-19(8-6-18)25-24-26-20-14-33(30,31)15-22(20)32-24/h3-8,13,20,22H,9-12,14-15H2,1-2H3,(H,25,26)/t20-,22+/m1/s1. The van der Waals surface area contributed by atoms with Crippen molar-refractivity contribution in [3.63, 3.8) is 0 Å². The number of amidine groups is 1. The summed E-state index contributed by atoms with van der Waals surface area (Å²) in [6.07, 6.45) is 0. The third-order valence-corrected chi connectivity index (χ3v) is 9.62. The second-order valence-electron chi connectivity index (χ2n) is 9.01. The van der Waals surface area contributed by atoms with Crippen molar-refractivity contribution in [2.75, 3.05) is 47.9 Å². The van der Waals surface area contributed by atoms with Crippen LogP contribution in [0.4, 0.5) is 11.4 Å². The van der Waals surface area contributed by atoms with Gasteiger partial charge in [-0.15, -0.1) is 0 Å². The number of nitrogens with zero attached hydrogens (tertiary/aromatic N) is 3. The van der Waals surface area contributed by atoms with E-state index in [1.807, 2.05) is 29.2 Å². The fourth-order valence-electron chi connectivity index (χ4n) is 4.63. The number of fused-ring (bicyclic) bond motifs is 1.